The van der Waals surface area contributed by atoms with Crippen LogP contribution in [0.15, 0.2) is 17.1 Å². The number of guanidine groups is 1. The molecule has 4 nitrogen and oxygen atoms in total. The molecule has 0 fully saturated rings. The summed E-state index contributed by atoms with van der Waals surface area (Å²) in [7, 11) is 0. The predicted molar refractivity (Wildman–Crippen MR) is 60.0 cm³/mol. The zero-order valence-electron chi connectivity index (χ0n) is 9.14. The molecular formula is C10H14F2N4. The molecule has 6 heteroatoms. The van der Waals surface area contributed by atoms with Crippen molar-refractivity contribution < 1.29 is 8.78 Å². The minimum atomic E-state index is -0.557. The number of benzene rings is 1. The molecule has 0 amide bonds. The van der Waals surface area contributed by atoms with E-state index < -0.39 is 11.6 Å². The summed E-state index contributed by atoms with van der Waals surface area (Å²) >= 11 is 0. The van der Waals surface area contributed by atoms with Crippen molar-refractivity contribution in [2.45, 2.75) is 13.8 Å². The van der Waals surface area contributed by atoms with Crippen LogP contribution in [0.4, 0.5) is 14.5 Å². The first kappa shape index (κ1) is 12.4. The highest BCUT2D eigenvalue weighted by Gasteiger charge is 2.08. The summed E-state index contributed by atoms with van der Waals surface area (Å²) < 4.78 is 26.6. The van der Waals surface area contributed by atoms with Gasteiger partial charge in [-0.05, 0) is 25.5 Å². The number of aryl methyl sites for hydroxylation is 1. The topological polar surface area (TPSA) is 62.4 Å². The summed E-state index contributed by atoms with van der Waals surface area (Å²) in [6.07, 6.45) is 0. The number of rotatable bonds is 2. The van der Waals surface area contributed by atoms with Gasteiger partial charge in [0.1, 0.15) is 11.6 Å². The molecule has 4 N–H and O–H groups in total. The molecule has 0 unspecified atom stereocenters. The zero-order valence-corrected chi connectivity index (χ0v) is 9.14. The van der Waals surface area contributed by atoms with Crippen molar-refractivity contribution in [3.8, 4) is 0 Å². The van der Waals surface area contributed by atoms with Crippen molar-refractivity contribution in [2.75, 3.05) is 11.9 Å². The van der Waals surface area contributed by atoms with E-state index in [4.69, 9.17) is 5.84 Å². The average Bonchev–Trinajstić information content (AvgIpc) is 2.25. The van der Waals surface area contributed by atoms with Crippen molar-refractivity contribution in [1.82, 2.24) is 5.43 Å². The fourth-order valence-electron chi connectivity index (χ4n) is 1.15. The highest BCUT2D eigenvalue weighted by atomic mass is 19.1. The number of nitrogens with one attached hydrogen (secondary N) is 2. The predicted octanol–water partition coefficient (Wildman–Crippen LogP) is 1.52. The van der Waals surface area contributed by atoms with Crippen molar-refractivity contribution in [3.63, 3.8) is 0 Å². The Morgan fingerprint density at radius 3 is 2.62 bits per heavy atom. The number of anilines is 1. The Balaban J connectivity index is 2.97. The highest BCUT2D eigenvalue weighted by molar-refractivity contribution is 5.93. The van der Waals surface area contributed by atoms with Crippen LogP contribution in [-0.2, 0) is 0 Å². The summed E-state index contributed by atoms with van der Waals surface area (Å²) in [5.41, 5.74) is 2.50. The van der Waals surface area contributed by atoms with E-state index in [1.807, 2.05) is 0 Å². The van der Waals surface area contributed by atoms with Crippen LogP contribution in [0, 0.1) is 18.6 Å². The number of nitrogens with two attached hydrogens (primary N) is 1. The SMILES string of the molecule is CCN=C(NN)Nc1cc(F)c(C)cc1F. The molecule has 1 aromatic rings. The Bertz CT molecular complexity index is 404. The Kier molecular flexibility index (Phi) is 4.19. The number of hydrazine groups is 1. The molecule has 1 rings (SSSR count). The molecule has 0 atom stereocenters. The maximum absolute atomic E-state index is 13.4. The van der Waals surface area contributed by atoms with Crippen LogP contribution in [-0.4, -0.2) is 12.5 Å². The second-order valence-corrected chi connectivity index (χ2v) is 3.17. The Labute approximate surface area is 92.5 Å². The summed E-state index contributed by atoms with van der Waals surface area (Å²) in [6, 6.07) is 2.17. The second kappa shape index (κ2) is 5.41. The van der Waals surface area contributed by atoms with Crippen molar-refractivity contribution in [3.05, 3.63) is 29.3 Å². The first-order valence-corrected chi connectivity index (χ1v) is 4.82. The molecule has 0 bridgehead atoms. The first-order chi connectivity index (χ1) is 7.58. The lowest BCUT2D eigenvalue weighted by atomic mass is 10.2. The summed E-state index contributed by atoms with van der Waals surface area (Å²) in [5, 5.41) is 2.56. The van der Waals surface area contributed by atoms with Crippen LogP contribution in [0.5, 0.6) is 0 Å². The largest absolute Gasteiger partial charge is 0.323 e. The third kappa shape index (κ3) is 2.90. The maximum atomic E-state index is 13.4. The van der Waals surface area contributed by atoms with Gasteiger partial charge in [-0.1, -0.05) is 0 Å². The number of hydrogen-bond donors (Lipinski definition) is 3. The van der Waals surface area contributed by atoms with Crippen LogP contribution in [0.25, 0.3) is 0 Å². The molecule has 88 valence electrons. The highest BCUT2D eigenvalue weighted by Crippen LogP contribution is 2.18. The van der Waals surface area contributed by atoms with E-state index in [9.17, 15) is 8.78 Å². The Hall–Kier alpha value is -1.69. The molecule has 0 heterocycles. The normalized spacial score (nSPS) is 11.4. The van der Waals surface area contributed by atoms with Crippen LogP contribution in [0.2, 0.25) is 0 Å². The molecular weight excluding hydrogens is 214 g/mol. The van der Waals surface area contributed by atoms with E-state index in [2.05, 4.69) is 15.7 Å². The van der Waals surface area contributed by atoms with Crippen molar-refractivity contribution in [2.24, 2.45) is 10.8 Å². The van der Waals surface area contributed by atoms with E-state index in [0.29, 0.717) is 6.54 Å². The maximum Gasteiger partial charge on any atom is 0.210 e. The van der Waals surface area contributed by atoms with Gasteiger partial charge in [-0.15, -0.1) is 0 Å². The third-order valence-corrected chi connectivity index (χ3v) is 1.95. The van der Waals surface area contributed by atoms with Gasteiger partial charge >= 0.3 is 0 Å². The fraction of sp³-hybridized carbons (Fsp3) is 0.300. The monoisotopic (exact) mass is 228 g/mol. The molecule has 0 aliphatic rings. The van der Waals surface area contributed by atoms with Crippen LogP contribution < -0.4 is 16.6 Å². The Morgan fingerprint density at radius 2 is 2.06 bits per heavy atom. The number of hydrogen-bond acceptors (Lipinski definition) is 2. The lowest BCUT2D eigenvalue weighted by Crippen LogP contribution is -2.36. The van der Waals surface area contributed by atoms with E-state index in [-0.39, 0.29) is 17.2 Å². The van der Waals surface area contributed by atoms with Crippen LogP contribution >= 0.6 is 0 Å². The molecule has 1 aromatic carbocycles. The fourth-order valence-corrected chi connectivity index (χ4v) is 1.15. The average molecular weight is 228 g/mol. The van der Waals surface area contributed by atoms with Crippen molar-refractivity contribution in [1.29, 1.82) is 0 Å². The van der Waals surface area contributed by atoms with Gasteiger partial charge in [0.15, 0.2) is 0 Å². The van der Waals surface area contributed by atoms with Gasteiger partial charge in [-0.2, -0.15) is 0 Å². The molecule has 0 saturated carbocycles. The molecule has 0 aromatic heterocycles. The smallest absolute Gasteiger partial charge is 0.210 e. The summed E-state index contributed by atoms with van der Waals surface area (Å²) in [5.74, 6) is 4.30. The van der Waals surface area contributed by atoms with Gasteiger partial charge in [0.2, 0.25) is 5.96 Å². The van der Waals surface area contributed by atoms with E-state index in [1.165, 1.54) is 6.92 Å². The zero-order chi connectivity index (χ0) is 12.1. The van der Waals surface area contributed by atoms with E-state index >= 15 is 0 Å². The molecule has 0 aliphatic carbocycles. The van der Waals surface area contributed by atoms with Crippen molar-refractivity contribution >= 4 is 11.6 Å². The minimum absolute atomic E-state index is 0.00625. The molecule has 0 radical (unpaired) electrons. The lowest BCUT2D eigenvalue weighted by molar-refractivity contribution is 0.596. The molecule has 16 heavy (non-hydrogen) atoms. The van der Waals surface area contributed by atoms with Gasteiger partial charge in [0.25, 0.3) is 0 Å². The molecule has 0 aliphatic heterocycles. The Morgan fingerprint density at radius 1 is 1.38 bits per heavy atom. The van der Waals surface area contributed by atoms with Crippen LogP contribution in [0.1, 0.15) is 12.5 Å². The van der Waals surface area contributed by atoms with Gasteiger partial charge in [0.05, 0.1) is 5.69 Å². The molecule has 0 saturated heterocycles. The van der Waals surface area contributed by atoms with Crippen LogP contribution in [0.3, 0.4) is 0 Å². The number of halogens is 2. The number of nitrogens with zero attached hydrogens (tertiary/aromatic N) is 1. The first-order valence-electron chi connectivity index (χ1n) is 4.82. The quantitative estimate of drug-likeness (QED) is 0.311. The van der Waals surface area contributed by atoms with Gasteiger partial charge in [0, 0.05) is 12.6 Å². The lowest BCUT2D eigenvalue weighted by Gasteiger charge is -2.10. The van der Waals surface area contributed by atoms with Gasteiger partial charge in [-0.25, -0.2) is 14.6 Å². The van der Waals surface area contributed by atoms with Gasteiger partial charge in [-0.3, -0.25) is 10.4 Å². The van der Waals surface area contributed by atoms with Gasteiger partial charge < -0.3 is 5.32 Å². The molecule has 0 spiro atoms. The third-order valence-electron chi connectivity index (χ3n) is 1.95. The summed E-state index contributed by atoms with van der Waals surface area (Å²) in [4.78, 5) is 3.91. The van der Waals surface area contributed by atoms with E-state index in [1.54, 1.807) is 6.92 Å². The number of aliphatic imine (C=N–C) groups is 1. The standard InChI is InChI=1S/C10H14F2N4/c1-3-14-10(16-13)15-9-5-7(11)6(2)4-8(9)12/h4-5H,3,13H2,1-2H3,(H2,14,15,16). The van der Waals surface area contributed by atoms with E-state index in [0.717, 1.165) is 12.1 Å². The second-order valence-electron chi connectivity index (χ2n) is 3.17. The summed E-state index contributed by atoms with van der Waals surface area (Å²) in [6.45, 7) is 3.76. The minimum Gasteiger partial charge on any atom is -0.323 e.